The Kier molecular flexibility index (Phi) is 67.6. The van der Waals surface area contributed by atoms with Gasteiger partial charge in [0.15, 0.2) is 6.10 Å². The molecule has 0 aliphatic rings. The number of unbranched alkanes of at least 4 members (excludes halogenated alkanes) is 53. The molecule has 0 amide bonds. The molecule has 0 heterocycles. The predicted octanol–water partition coefficient (Wildman–Crippen LogP) is 25.0. The van der Waals surface area contributed by atoms with Crippen molar-refractivity contribution in [1.82, 2.24) is 0 Å². The molecule has 0 radical (unpaired) electrons. The maximum absolute atomic E-state index is 12.9. The number of hydrogen-bond donors (Lipinski definition) is 0. The zero-order chi connectivity index (χ0) is 57.8. The smallest absolute Gasteiger partial charge is 0.306 e. The van der Waals surface area contributed by atoms with Crippen molar-refractivity contribution in [2.45, 2.75) is 419 Å². The van der Waals surface area contributed by atoms with E-state index in [4.69, 9.17) is 14.2 Å². The molecule has 80 heavy (non-hydrogen) atoms. The van der Waals surface area contributed by atoms with Crippen molar-refractivity contribution >= 4 is 17.9 Å². The first kappa shape index (κ1) is 77.9. The summed E-state index contributed by atoms with van der Waals surface area (Å²) >= 11 is 0. The summed E-state index contributed by atoms with van der Waals surface area (Å²) in [6.45, 7) is 6.67. The average Bonchev–Trinajstić information content (AvgIpc) is 3.46. The highest BCUT2D eigenvalue weighted by Gasteiger charge is 2.19. The van der Waals surface area contributed by atoms with Crippen molar-refractivity contribution in [3.8, 4) is 0 Å². The minimum atomic E-state index is -0.764. The highest BCUT2D eigenvalue weighted by atomic mass is 16.6. The summed E-state index contributed by atoms with van der Waals surface area (Å²) in [6.07, 6.45) is 85.4. The summed E-state index contributed by atoms with van der Waals surface area (Å²) in [5.41, 5.74) is 0. The van der Waals surface area contributed by atoms with Gasteiger partial charge in [-0.3, -0.25) is 14.4 Å². The van der Waals surface area contributed by atoms with Gasteiger partial charge in [-0.1, -0.05) is 366 Å². The topological polar surface area (TPSA) is 78.9 Å². The Morgan fingerprint density at radius 3 is 0.688 bits per heavy atom. The van der Waals surface area contributed by atoms with Gasteiger partial charge in [0.05, 0.1) is 0 Å². The van der Waals surface area contributed by atoms with Gasteiger partial charge >= 0.3 is 17.9 Å². The summed E-state index contributed by atoms with van der Waals surface area (Å²) in [5.74, 6) is -0.838. The fraction of sp³-hybridized carbons (Fsp3) is 0.905. The number of ether oxygens (including phenoxy) is 3. The van der Waals surface area contributed by atoms with E-state index in [1.54, 1.807) is 0 Å². The maximum Gasteiger partial charge on any atom is 0.306 e. The van der Waals surface area contributed by atoms with Crippen LogP contribution in [-0.4, -0.2) is 37.2 Å². The van der Waals surface area contributed by atoms with Gasteiger partial charge in [0, 0.05) is 19.3 Å². The molecule has 0 aromatic rings. The van der Waals surface area contributed by atoms with Gasteiger partial charge in [0.1, 0.15) is 13.2 Å². The van der Waals surface area contributed by atoms with E-state index >= 15 is 0 Å². The molecule has 472 valence electrons. The normalized spacial score (nSPS) is 12.1. The molecule has 0 rings (SSSR count). The van der Waals surface area contributed by atoms with Gasteiger partial charge < -0.3 is 14.2 Å². The van der Waals surface area contributed by atoms with Gasteiger partial charge in [0.2, 0.25) is 0 Å². The lowest BCUT2D eigenvalue weighted by molar-refractivity contribution is -0.167. The van der Waals surface area contributed by atoms with Crippen molar-refractivity contribution in [2.75, 3.05) is 13.2 Å². The van der Waals surface area contributed by atoms with E-state index in [0.717, 1.165) is 64.2 Å². The van der Waals surface area contributed by atoms with Gasteiger partial charge in [-0.2, -0.15) is 0 Å². The molecule has 0 aliphatic heterocycles. The molecule has 0 saturated carbocycles. The number of rotatable bonds is 68. The third kappa shape index (κ3) is 66.7. The van der Waals surface area contributed by atoms with Crippen LogP contribution in [0, 0.1) is 0 Å². The monoisotopic (exact) mass is 1130 g/mol. The number of hydrogen-bond acceptors (Lipinski definition) is 6. The molecular weight excluding hydrogens is 985 g/mol. The van der Waals surface area contributed by atoms with Crippen LogP contribution in [-0.2, 0) is 28.6 Å². The molecule has 0 aromatic heterocycles. The van der Waals surface area contributed by atoms with E-state index in [0.29, 0.717) is 19.3 Å². The van der Waals surface area contributed by atoms with Crippen molar-refractivity contribution in [3.63, 3.8) is 0 Å². The Hall–Kier alpha value is -2.11. The van der Waals surface area contributed by atoms with Crippen LogP contribution in [0.25, 0.3) is 0 Å². The Morgan fingerprint density at radius 1 is 0.250 bits per heavy atom. The predicted molar refractivity (Wildman–Crippen MR) is 349 cm³/mol. The van der Waals surface area contributed by atoms with Crippen LogP contribution in [0.5, 0.6) is 0 Å². The summed E-state index contributed by atoms with van der Waals surface area (Å²) in [7, 11) is 0. The standard InChI is InChI=1S/C74H140O6/c1-4-7-10-13-16-18-20-22-24-26-28-30-32-33-34-35-36-37-38-39-40-41-42-44-45-47-49-51-53-55-58-61-64-67-73(76)79-70-71(69-78-72(75)66-63-60-57-15-12-9-6-3)80-74(77)68-65-62-59-56-54-52-50-48-46-43-31-29-27-25-23-21-19-17-14-11-8-5-2/h20,22,26,28,71H,4-19,21,23-25,27,29-70H2,1-3H3/b22-20-,28-26-. The van der Waals surface area contributed by atoms with Crippen molar-refractivity contribution < 1.29 is 28.6 Å². The fourth-order valence-corrected chi connectivity index (χ4v) is 11.2. The zero-order valence-electron chi connectivity index (χ0n) is 54.4. The number of carbonyl (C=O) groups is 3. The van der Waals surface area contributed by atoms with Crippen molar-refractivity contribution in [2.24, 2.45) is 0 Å². The molecule has 1 atom stereocenters. The summed E-state index contributed by atoms with van der Waals surface area (Å²) in [4.78, 5) is 38.2. The first-order valence-corrected chi connectivity index (χ1v) is 36.3. The summed E-state index contributed by atoms with van der Waals surface area (Å²) in [5, 5.41) is 0. The van der Waals surface area contributed by atoms with E-state index in [9.17, 15) is 14.4 Å². The number of carbonyl (C=O) groups excluding carboxylic acids is 3. The Balaban J connectivity index is 3.95. The third-order valence-corrected chi connectivity index (χ3v) is 16.7. The molecule has 0 bridgehead atoms. The largest absolute Gasteiger partial charge is 0.462 e. The minimum absolute atomic E-state index is 0.0636. The van der Waals surface area contributed by atoms with Crippen LogP contribution >= 0.6 is 0 Å². The molecule has 0 fully saturated rings. The first-order valence-electron chi connectivity index (χ1n) is 36.3. The highest BCUT2D eigenvalue weighted by Crippen LogP contribution is 2.19. The molecule has 0 aliphatic carbocycles. The average molecular weight is 1130 g/mol. The van der Waals surface area contributed by atoms with Crippen LogP contribution < -0.4 is 0 Å². The molecular formula is C74H140O6. The zero-order valence-corrected chi connectivity index (χ0v) is 54.4. The Bertz CT molecular complexity index is 1290. The molecule has 0 aromatic carbocycles. The van der Waals surface area contributed by atoms with Crippen LogP contribution in [0.1, 0.15) is 412 Å². The summed E-state index contributed by atoms with van der Waals surface area (Å²) < 4.78 is 16.9. The van der Waals surface area contributed by atoms with Crippen LogP contribution in [0.3, 0.4) is 0 Å². The maximum atomic E-state index is 12.9. The Morgan fingerprint density at radius 2 is 0.450 bits per heavy atom. The second-order valence-electron chi connectivity index (χ2n) is 24.9. The van der Waals surface area contributed by atoms with Crippen LogP contribution in [0.15, 0.2) is 24.3 Å². The molecule has 1 unspecified atom stereocenters. The second-order valence-corrected chi connectivity index (χ2v) is 24.9. The lowest BCUT2D eigenvalue weighted by atomic mass is 10.0. The molecule has 0 N–H and O–H groups in total. The van der Waals surface area contributed by atoms with Crippen LogP contribution in [0.4, 0.5) is 0 Å². The van der Waals surface area contributed by atoms with Gasteiger partial charge in [-0.15, -0.1) is 0 Å². The molecule has 0 spiro atoms. The summed E-state index contributed by atoms with van der Waals surface area (Å²) in [6, 6.07) is 0. The highest BCUT2D eigenvalue weighted by molar-refractivity contribution is 5.71. The Labute approximate surface area is 500 Å². The van der Waals surface area contributed by atoms with Crippen molar-refractivity contribution in [1.29, 1.82) is 0 Å². The van der Waals surface area contributed by atoms with E-state index in [-0.39, 0.29) is 31.1 Å². The van der Waals surface area contributed by atoms with Crippen molar-refractivity contribution in [3.05, 3.63) is 24.3 Å². The van der Waals surface area contributed by atoms with E-state index in [2.05, 4.69) is 45.1 Å². The lowest BCUT2D eigenvalue weighted by Gasteiger charge is -2.18. The third-order valence-electron chi connectivity index (χ3n) is 16.7. The van der Waals surface area contributed by atoms with Gasteiger partial charge in [-0.05, 0) is 51.4 Å². The lowest BCUT2D eigenvalue weighted by Crippen LogP contribution is -2.30. The first-order chi connectivity index (χ1) is 39.5. The van der Waals surface area contributed by atoms with E-state index < -0.39 is 6.10 Å². The van der Waals surface area contributed by atoms with Gasteiger partial charge in [-0.25, -0.2) is 0 Å². The van der Waals surface area contributed by atoms with Crippen LogP contribution in [0.2, 0.25) is 0 Å². The van der Waals surface area contributed by atoms with Gasteiger partial charge in [0.25, 0.3) is 0 Å². The quantitative estimate of drug-likeness (QED) is 0.0261. The SMILES string of the molecule is CCCCCCC/C=C\C/C=C\CCCCCCCCCCCCCCCCCCCCCCCC(=O)OCC(COC(=O)CCCCCCCCC)OC(=O)CCCCCCCCCCCCCCCCCCCCCCCC. The minimum Gasteiger partial charge on any atom is -0.462 e. The van der Waals surface area contributed by atoms with E-state index in [1.165, 1.54) is 308 Å². The number of allylic oxidation sites excluding steroid dienone is 4. The molecule has 6 heteroatoms. The van der Waals surface area contributed by atoms with E-state index in [1.807, 2.05) is 0 Å². The molecule has 6 nitrogen and oxygen atoms in total. The molecule has 0 saturated heterocycles. The second kappa shape index (κ2) is 69.4. The fourth-order valence-electron chi connectivity index (χ4n) is 11.2. The number of esters is 3.